The van der Waals surface area contributed by atoms with Crippen LogP contribution in [0.5, 0.6) is 5.75 Å². The Morgan fingerprint density at radius 1 is 1.07 bits per heavy atom. The molecule has 1 heterocycles. The smallest absolute Gasteiger partial charge is 0.262 e. The summed E-state index contributed by atoms with van der Waals surface area (Å²) in [5.41, 5.74) is 2.12. The fraction of sp³-hybridized carbons (Fsp3) is 0.0909. The van der Waals surface area contributed by atoms with Crippen molar-refractivity contribution in [1.29, 1.82) is 0 Å². The van der Waals surface area contributed by atoms with Crippen LogP contribution in [0.3, 0.4) is 0 Å². The van der Waals surface area contributed by atoms with Crippen LogP contribution < -0.4 is 15.5 Å². The molecule has 0 saturated carbocycles. The molecule has 0 aliphatic heterocycles. The summed E-state index contributed by atoms with van der Waals surface area (Å²) < 4.78 is 11.3. The van der Waals surface area contributed by atoms with Crippen LogP contribution in [-0.4, -0.2) is 12.5 Å². The van der Waals surface area contributed by atoms with Gasteiger partial charge in [-0.05, 0) is 43.3 Å². The highest BCUT2D eigenvalue weighted by atomic mass is 35.5. The van der Waals surface area contributed by atoms with Crippen LogP contribution >= 0.6 is 11.6 Å². The van der Waals surface area contributed by atoms with E-state index >= 15 is 0 Å². The first kappa shape index (κ1) is 18.1. The minimum absolute atomic E-state index is 0.130. The second-order valence-electron chi connectivity index (χ2n) is 6.41. The second-order valence-corrected chi connectivity index (χ2v) is 6.82. The van der Waals surface area contributed by atoms with E-state index < -0.39 is 0 Å². The first-order valence-corrected chi connectivity index (χ1v) is 9.03. The fourth-order valence-electron chi connectivity index (χ4n) is 2.90. The number of amides is 1. The van der Waals surface area contributed by atoms with Gasteiger partial charge in [-0.2, -0.15) is 0 Å². The van der Waals surface area contributed by atoms with E-state index in [0.717, 1.165) is 5.56 Å². The Balaban J connectivity index is 1.56. The van der Waals surface area contributed by atoms with Crippen molar-refractivity contribution in [1.82, 2.24) is 0 Å². The molecular weight excluding hydrogens is 378 g/mol. The van der Waals surface area contributed by atoms with Crippen LogP contribution in [0.1, 0.15) is 5.56 Å². The van der Waals surface area contributed by atoms with Crippen LogP contribution in [-0.2, 0) is 4.79 Å². The lowest BCUT2D eigenvalue weighted by Gasteiger charge is -2.09. The Kier molecular flexibility index (Phi) is 4.75. The molecule has 6 heteroatoms. The summed E-state index contributed by atoms with van der Waals surface area (Å²) in [5.74, 6) is 0.299. The van der Waals surface area contributed by atoms with Crippen molar-refractivity contribution in [3.05, 3.63) is 81.5 Å². The maximum Gasteiger partial charge on any atom is 0.262 e. The van der Waals surface area contributed by atoms with Crippen LogP contribution in [0.15, 0.2) is 69.9 Å². The molecule has 4 rings (SSSR count). The van der Waals surface area contributed by atoms with Gasteiger partial charge >= 0.3 is 0 Å². The number of aryl methyl sites for hydroxylation is 1. The third-order valence-electron chi connectivity index (χ3n) is 4.32. The predicted octanol–water partition coefficient (Wildman–Crippen LogP) is 4.93. The molecule has 1 amide bonds. The summed E-state index contributed by atoms with van der Waals surface area (Å²) in [7, 11) is 0. The maximum atomic E-state index is 12.6. The van der Waals surface area contributed by atoms with Gasteiger partial charge in [-0.3, -0.25) is 9.59 Å². The van der Waals surface area contributed by atoms with Crippen molar-refractivity contribution >= 4 is 45.1 Å². The summed E-state index contributed by atoms with van der Waals surface area (Å²) in [6.45, 7) is 1.85. The zero-order chi connectivity index (χ0) is 19.7. The molecule has 140 valence electrons. The molecule has 0 fully saturated rings. The molecule has 1 aromatic heterocycles. The van der Waals surface area contributed by atoms with E-state index in [4.69, 9.17) is 20.8 Å². The monoisotopic (exact) mass is 393 g/mol. The van der Waals surface area contributed by atoms with Crippen LogP contribution in [0, 0.1) is 6.92 Å². The molecule has 0 unspecified atom stereocenters. The van der Waals surface area contributed by atoms with Gasteiger partial charge in [-0.1, -0.05) is 35.4 Å². The molecule has 0 aliphatic carbocycles. The number of hydrogen-bond donors (Lipinski definition) is 1. The minimum atomic E-state index is -0.318. The number of hydrogen-bond acceptors (Lipinski definition) is 4. The van der Waals surface area contributed by atoms with Crippen molar-refractivity contribution in [2.45, 2.75) is 6.92 Å². The number of rotatable bonds is 4. The van der Waals surface area contributed by atoms with E-state index in [1.165, 1.54) is 0 Å². The van der Waals surface area contributed by atoms with Crippen LogP contribution in [0.25, 0.3) is 21.9 Å². The summed E-state index contributed by atoms with van der Waals surface area (Å²) in [5, 5.41) is 3.94. The second kappa shape index (κ2) is 7.37. The zero-order valence-electron chi connectivity index (χ0n) is 15.0. The number of anilines is 1. The minimum Gasteiger partial charge on any atom is -0.484 e. The molecule has 0 spiro atoms. The molecule has 5 nitrogen and oxygen atoms in total. The highest BCUT2D eigenvalue weighted by molar-refractivity contribution is 6.34. The van der Waals surface area contributed by atoms with Crippen LogP contribution in [0.4, 0.5) is 5.69 Å². The van der Waals surface area contributed by atoms with Gasteiger partial charge in [-0.25, -0.2) is 0 Å². The van der Waals surface area contributed by atoms with Gasteiger partial charge in [0.1, 0.15) is 11.3 Å². The third kappa shape index (κ3) is 3.57. The molecule has 0 bridgehead atoms. The van der Waals surface area contributed by atoms with E-state index in [2.05, 4.69) is 5.32 Å². The molecule has 0 radical (unpaired) electrons. The summed E-state index contributed by atoms with van der Waals surface area (Å²) >= 11 is 6.14. The molecule has 0 saturated heterocycles. The number of carbonyl (C=O) groups excluding carboxylic acids is 1. The first-order valence-electron chi connectivity index (χ1n) is 8.66. The Hall–Kier alpha value is -3.31. The number of carbonyl (C=O) groups is 1. The Morgan fingerprint density at radius 3 is 2.64 bits per heavy atom. The molecular formula is C22H16ClNO4. The quantitative estimate of drug-likeness (QED) is 0.499. The van der Waals surface area contributed by atoms with E-state index in [1.54, 1.807) is 36.4 Å². The SMILES string of the molecule is Cc1ccc(OCC(=O)Nc2ccc3c(=O)c4cccc(Cl)c4oc3c2)cc1. The fourth-order valence-corrected chi connectivity index (χ4v) is 3.11. The van der Waals surface area contributed by atoms with Crippen molar-refractivity contribution in [3.8, 4) is 5.75 Å². The van der Waals surface area contributed by atoms with Gasteiger partial charge in [0, 0.05) is 11.8 Å². The largest absolute Gasteiger partial charge is 0.484 e. The molecule has 28 heavy (non-hydrogen) atoms. The van der Waals surface area contributed by atoms with Crippen molar-refractivity contribution < 1.29 is 13.9 Å². The third-order valence-corrected chi connectivity index (χ3v) is 4.62. The lowest BCUT2D eigenvalue weighted by molar-refractivity contribution is -0.118. The Morgan fingerprint density at radius 2 is 1.86 bits per heavy atom. The van der Waals surface area contributed by atoms with E-state index in [-0.39, 0.29) is 17.9 Å². The maximum absolute atomic E-state index is 12.6. The van der Waals surface area contributed by atoms with Gasteiger partial charge in [-0.15, -0.1) is 0 Å². The molecule has 3 aromatic carbocycles. The highest BCUT2D eigenvalue weighted by Crippen LogP contribution is 2.26. The molecule has 4 aromatic rings. The highest BCUT2D eigenvalue weighted by Gasteiger charge is 2.11. The standard InChI is InChI=1S/C22H16ClNO4/c1-13-5-8-15(9-6-13)27-12-20(25)24-14-7-10-16-19(11-14)28-22-17(21(16)26)3-2-4-18(22)23/h2-11H,12H2,1H3,(H,24,25). The van der Waals surface area contributed by atoms with Crippen molar-refractivity contribution in [3.63, 3.8) is 0 Å². The summed E-state index contributed by atoms with van der Waals surface area (Å²) in [6.07, 6.45) is 0. The topological polar surface area (TPSA) is 68.5 Å². The Labute approximate surface area is 165 Å². The molecule has 0 aliphatic rings. The van der Waals surface area contributed by atoms with Gasteiger partial charge in [0.05, 0.1) is 15.8 Å². The van der Waals surface area contributed by atoms with E-state index in [9.17, 15) is 9.59 Å². The van der Waals surface area contributed by atoms with Crippen molar-refractivity contribution in [2.24, 2.45) is 0 Å². The average molecular weight is 394 g/mol. The number of benzene rings is 3. The number of halogens is 1. The molecule has 0 atom stereocenters. The number of nitrogens with one attached hydrogen (secondary N) is 1. The number of para-hydroxylation sites is 1. The molecule has 1 N–H and O–H groups in total. The van der Waals surface area contributed by atoms with Gasteiger partial charge < -0.3 is 14.5 Å². The average Bonchev–Trinajstić information content (AvgIpc) is 2.68. The van der Waals surface area contributed by atoms with Crippen LogP contribution in [0.2, 0.25) is 5.02 Å². The summed E-state index contributed by atoms with van der Waals surface area (Å²) in [4.78, 5) is 24.8. The lowest BCUT2D eigenvalue weighted by Crippen LogP contribution is -2.20. The normalized spacial score (nSPS) is 10.9. The predicted molar refractivity (Wildman–Crippen MR) is 110 cm³/mol. The zero-order valence-corrected chi connectivity index (χ0v) is 15.7. The van der Waals surface area contributed by atoms with Gasteiger partial charge in [0.15, 0.2) is 12.2 Å². The Bertz CT molecular complexity index is 1250. The number of fused-ring (bicyclic) bond motifs is 2. The first-order chi connectivity index (χ1) is 13.5. The van der Waals surface area contributed by atoms with E-state index in [0.29, 0.717) is 38.4 Å². The van der Waals surface area contributed by atoms with E-state index in [1.807, 2.05) is 31.2 Å². The van der Waals surface area contributed by atoms with Gasteiger partial charge in [0.25, 0.3) is 5.91 Å². The van der Waals surface area contributed by atoms with Gasteiger partial charge in [0.2, 0.25) is 5.43 Å². The lowest BCUT2D eigenvalue weighted by atomic mass is 10.1. The summed E-state index contributed by atoms with van der Waals surface area (Å²) in [6, 6.07) is 17.3. The number of ether oxygens (including phenoxy) is 1. The van der Waals surface area contributed by atoms with Crippen molar-refractivity contribution in [2.75, 3.05) is 11.9 Å².